The van der Waals surface area contributed by atoms with Gasteiger partial charge in [0, 0.05) is 12.0 Å². The third-order valence-corrected chi connectivity index (χ3v) is 3.65. The molecule has 0 atom stereocenters. The Balaban J connectivity index is 1.79. The molecule has 2 aromatic carbocycles. The second-order valence-corrected chi connectivity index (χ2v) is 5.32. The van der Waals surface area contributed by atoms with Gasteiger partial charge in [-0.2, -0.15) is 0 Å². The zero-order chi connectivity index (χ0) is 18.0. The molecule has 2 aromatic rings. The smallest absolute Gasteiger partial charge is 0.310 e. The van der Waals surface area contributed by atoms with Crippen LogP contribution in [-0.4, -0.2) is 23.7 Å². The maximum Gasteiger partial charge on any atom is 0.310 e. The van der Waals surface area contributed by atoms with Gasteiger partial charge in [-0.25, -0.2) is 0 Å². The third kappa shape index (κ3) is 3.25. The Labute approximate surface area is 143 Å². The zero-order valence-electron chi connectivity index (χ0n) is 13.3. The van der Waals surface area contributed by atoms with E-state index < -0.39 is 17.7 Å². The van der Waals surface area contributed by atoms with Crippen LogP contribution in [0.3, 0.4) is 0 Å². The molecule has 7 heteroatoms. The first-order chi connectivity index (χ1) is 12.0. The third-order valence-electron chi connectivity index (χ3n) is 3.65. The van der Waals surface area contributed by atoms with E-state index in [1.165, 1.54) is 30.3 Å². The summed E-state index contributed by atoms with van der Waals surface area (Å²) in [5, 5.41) is 4.81. The number of fused-ring (bicyclic) bond motifs is 1. The van der Waals surface area contributed by atoms with Gasteiger partial charge in [-0.05, 0) is 36.4 Å². The van der Waals surface area contributed by atoms with Crippen LogP contribution in [-0.2, 0) is 4.79 Å². The summed E-state index contributed by atoms with van der Waals surface area (Å²) in [6, 6.07) is 10.7. The van der Waals surface area contributed by atoms with E-state index in [9.17, 15) is 19.2 Å². The van der Waals surface area contributed by atoms with Crippen LogP contribution in [0.2, 0.25) is 0 Å². The van der Waals surface area contributed by atoms with E-state index >= 15 is 0 Å². The van der Waals surface area contributed by atoms with Gasteiger partial charge in [-0.15, -0.1) is 0 Å². The van der Waals surface area contributed by atoms with Crippen molar-refractivity contribution in [2.24, 2.45) is 0 Å². The van der Waals surface area contributed by atoms with Crippen molar-refractivity contribution in [3.63, 3.8) is 0 Å². The number of ether oxygens (including phenoxy) is 1. The van der Waals surface area contributed by atoms with Crippen molar-refractivity contribution in [1.82, 2.24) is 5.32 Å². The molecule has 0 aromatic heterocycles. The highest BCUT2D eigenvalue weighted by Gasteiger charge is 2.29. The number of carbonyl (C=O) groups excluding carboxylic acids is 4. The van der Waals surface area contributed by atoms with Gasteiger partial charge in [0.15, 0.2) is 0 Å². The van der Waals surface area contributed by atoms with E-state index in [4.69, 9.17) is 4.74 Å². The van der Waals surface area contributed by atoms with Gasteiger partial charge in [0.2, 0.25) is 0 Å². The molecule has 2 N–H and O–H groups in total. The van der Waals surface area contributed by atoms with Gasteiger partial charge in [0.25, 0.3) is 17.7 Å². The Morgan fingerprint density at radius 1 is 1.04 bits per heavy atom. The lowest BCUT2D eigenvalue weighted by Crippen LogP contribution is -2.20. The van der Waals surface area contributed by atoms with Gasteiger partial charge in [0.05, 0.1) is 16.8 Å². The van der Waals surface area contributed by atoms with E-state index in [0.717, 1.165) is 0 Å². The van der Waals surface area contributed by atoms with Crippen LogP contribution >= 0.6 is 0 Å². The molecule has 3 rings (SSSR count). The summed E-state index contributed by atoms with van der Waals surface area (Å²) in [7, 11) is 0. The van der Waals surface area contributed by atoms with Crippen molar-refractivity contribution >= 4 is 29.4 Å². The minimum absolute atomic E-state index is 0.148. The van der Waals surface area contributed by atoms with Crippen molar-refractivity contribution in [3.8, 4) is 5.75 Å². The normalized spacial score (nSPS) is 12.4. The van der Waals surface area contributed by atoms with Gasteiger partial charge < -0.3 is 10.1 Å². The standard InChI is InChI=1S/C18H14N2O5/c1-2-14(21)25-11-8-6-10(7-9-11)16(22)19-13-5-3-4-12-15(13)18(24)20-17(12)23/h3-9H,2H2,1H3,(H,19,22)(H,20,23,24). The Kier molecular flexibility index (Phi) is 4.30. The number of carbonyl (C=O) groups is 4. The second kappa shape index (κ2) is 6.56. The van der Waals surface area contributed by atoms with Crippen LogP contribution in [0.5, 0.6) is 5.75 Å². The molecule has 1 heterocycles. The molecule has 3 amide bonds. The monoisotopic (exact) mass is 338 g/mol. The van der Waals surface area contributed by atoms with E-state index in [0.29, 0.717) is 11.3 Å². The number of nitrogens with one attached hydrogen (secondary N) is 2. The molecule has 7 nitrogen and oxygen atoms in total. The molecular formula is C18H14N2O5. The van der Waals surface area contributed by atoms with Crippen LogP contribution in [0.25, 0.3) is 0 Å². The summed E-state index contributed by atoms with van der Waals surface area (Å²) >= 11 is 0. The number of amides is 3. The number of hydrogen-bond donors (Lipinski definition) is 2. The van der Waals surface area contributed by atoms with Crippen molar-refractivity contribution in [3.05, 3.63) is 59.2 Å². The zero-order valence-corrected chi connectivity index (χ0v) is 13.3. The van der Waals surface area contributed by atoms with Gasteiger partial charge >= 0.3 is 5.97 Å². The summed E-state index contributed by atoms with van der Waals surface area (Å²) in [6.07, 6.45) is 0.252. The molecular weight excluding hydrogens is 324 g/mol. The number of benzene rings is 2. The maximum atomic E-state index is 12.4. The van der Waals surface area contributed by atoms with Crippen molar-refractivity contribution in [2.75, 3.05) is 5.32 Å². The van der Waals surface area contributed by atoms with Crippen LogP contribution in [0.4, 0.5) is 5.69 Å². The van der Waals surface area contributed by atoms with E-state index in [1.54, 1.807) is 19.1 Å². The lowest BCUT2D eigenvalue weighted by molar-refractivity contribution is -0.134. The molecule has 0 spiro atoms. The molecule has 0 unspecified atom stereocenters. The van der Waals surface area contributed by atoms with Crippen LogP contribution in [0, 0.1) is 0 Å². The summed E-state index contributed by atoms with van der Waals surface area (Å²) in [6.45, 7) is 1.68. The highest BCUT2D eigenvalue weighted by Crippen LogP contribution is 2.25. The highest BCUT2D eigenvalue weighted by molar-refractivity contribution is 6.25. The molecule has 0 aliphatic carbocycles. The van der Waals surface area contributed by atoms with E-state index in [1.807, 2.05) is 0 Å². The van der Waals surface area contributed by atoms with Crippen molar-refractivity contribution < 1.29 is 23.9 Å². The lowest BCUT2D eigenvalue weighted by atomic mass is 10.1. The minimum atomic E-state index is -0.544. The number of imide groups is 1. The number of esters is 1. The molecule has 0 saturated heterocycles. The molecule has 1 aliphatic heterocycles. The average Bonchev–Trinajstić information content (AvgIpc) is 2.90. The SMILES string of the molecule is CCC(=O)Oc1ccc(C(=O)Nc2cccc3c2C(=O)NC3=O)cc1. The first-order valence-corrected chi connectivity index (χ1v) is 7.60. The molecule has 0 radical (unpaired) electrons. The highest BCUT2D eigenvalue weighted by atomic mass is 16.5. The molecule has 0 bridgehead atoms. The maximum absolute atomic E-state index is 12.4. The Bertz CT molecular complexity index is 887. The molecule has 25 heavy (non-hydrogen) atoms. The van der Waals surface area contributed by atoms with E-state index in [-0.39, 0.29) is 29.2 Å². The summed E-state index contributed by atoms with van der Waals surface area (Å²) in [4.78, 5) is 47.1. The summed E-state index contributed by atoms with van der Waals surface area (Å²) in [5.41, 5.74) is 0.949. The Hall–Kier alpha value is -3.48. The van der Waals surface area contributed by atoms with Gasteiger partial charge in [0.1, 0.15) is 5.75 Å². The Morgan fingerprint density at radius 3 is 2.44 bits per heavy atom. The fourth-order valence-corrected chi connectivity index (χ4v) is 2.40. The molecule has 1 aliphatic rings. The Morgan fingerprint density at radius 2 is 1.76 bits per heavy atom. The van der Waals surface area contributed by atoms with Crippen LogP contribution < -0.4 is 15.4 Å². The number of anilines is 1. The minimum Gasteiger partial charge on any atom is -0.427 e. The van der Waals surface area contributed by atoms with Crippen LogP contribution in [0.15, 0.2) is 42.5 Å². The molecule has 0 saturated carbocycles. The second-order valence-electron chi connectivity index (χ2n) is 5.32. The van der Waals surface area contributed by atoms with Crippen LogP contribution in [0.1, 0.15) is 44.4 Å². The molecule has 126 valence electrons. The predicted octanol–water partition coefficient (Wildman–Crippen LogP) is 2.14. The largest absolute Gasteiger partial charge is 0.427 e. The topological polar surface area (TPSA) is 102 Å². The van der Waals surface area contributed by atoms with Gasteiger partial charge in [-0.3, -0.25) is 24.5 Å². The lowest BCUT2D eigenvalue weighted by Gasteiger charge is -2.09. The summed E-state index contributed by atoms with van der Waals surface area (Å²) < 4.78 is 5.04. The average molecular weight is 338 g/mol. The molecule has 0 fully saturated rings. The fourth-order valence-electron chi connectivity index (χ4n) is 2.40. The van der Waals surface area contributed by atoms with Crippen molar-refractivity contribution in [1.29, 1.82) is 0 Å². The fraction of sp³-hybridized carbons (Fsp3) is 0.111. The predicted molar refractivity (Wildman–Crippen MR) is 88.6 cm³/mol. The number of hydrogen-bond acceptors (Lipinski definition) is 5. The van der Waals surface area contributed by atoms with Gasteiger partial charge in [-0.1, -0.05) is 13.0 Å². The quantitative estimate of drug-likeness (QED) is 0.505. The summed E-state index contributed by atoms with van der Waals surface area (Å²) in [5.74, 6) is -1.51. The first-order valence-electron chi connectivity index (χ1n) is 7.60. The van der Waals surface area contributed by atoms with E-state index in [2.05, 4.69) is 10.6 Å². The first kappa shape index (κ1) is 16.4. The number of rotatable bonds is 4. The van der Waals surface area contributed by atoms with Crippen molar-refractivity contribution in [2.45, 2.75) is 13.3 Å².